The van der Waals surface area contributed by atoms with E-state index in [-0.39, 0.29) is 5.54 Å². The standard InChI is InChI=1S/C18H34N2S/c1-4-6-8-10-13-18(3,14-11-9-7-5-2)20-16-17(19)12-15-21-20/h12,15-16H,4-11,13-14,19H2,1-3H3. The predicted molar refractivity (Wildman–Crippen MR) is 96.8 cm³/mol. The number of unbranched alkanes of at least 4 members (excludes halogenated alkanes) is 6. The maximum absolute atomic E-state index is 5.99. The molecule has 122 valence electrons. The second kappa shape index (κ2) is 10.2. The van der Waals surface area contributed by atoms with Crippen molar-refractivity contribution in [2.24, 2.45) is 5.73 Å². The lowest BCUT2D eigenvalue weighted by Crippen LogP contribution is -2.39. The van der Waals surface area contributed by atoms with Gasteiger partial charge in [-0.3, -0.25) is 0 Å². The normalized spacial score (nSPS) is 15.4. The van der Waals surface area contributed by atoms with Crippen LogP contribution in [0.25, 0.3) is 0 Å². The Morgan fingerprint density at radius 3 is 2.05 bits per heavy atom. The summed E-state index contributed by atoms with van der Waals surface area (Å²) >= 11 is 1.80. The lowest BCUT2D eigenvalue weighted by molar-refractivity contribution is 0.229. The molecule has 21 heavy (non-hydrogen) atoms. The molecule has 1 aliphatic heterocycles. The van der Waals surface area contributed by atoms with E-state index in [0.29, 0.717) is 0 Å². The highest BCUT2D eigenvalue weighted by Crippen LogP contribution is 2.36. The van der Waals surface area contributed by atoms with Crippen molar-refractivity contribution in [1.82, 2.24) is 4.31 Å². The summed E-state index contributed by atoms with van der Waals surface area (Å²) in [4.78, 5) is 0. The Hall–Kier alpha value is -0.570. The molecule has 1 rings (SSSR count). The summed E-state index contributed by atoms with van der Waals surface area (Å²) in [5.41, 5.74) is 7.11. The van der Waals surface area contributed by atoms with Crippen LogP contribution in [-0.2, 0) is 0 Å². The van der Waals surface area contributed by atoms with Gasteiger partial charge >= 0.3 is 0 Å². The van der Waals surface area contributed by atoms with E-state index in [4.69, 9.17) is 5.73 Å². The molecule has 2 nitrogen and oxygen atoms in total. The average Bonchev–Trinajstić information content (AvgIpc) is 2.48. The number of hydrogen-bond acceptors (Lipinski definition) is 3. The molecule has 0 aromatic carbocycles. The highest BCUT2D eigenvalue weighted by Gasteiger charge is 2.30. The maximum atomic E-state index is 5.99. The van der Waals surface area contributed by atoms with E-state index in [1.807, 2.05) is 6.08 Å². The van der Waals surface area contributed by atoms with Crippen molar-refractivity contribution in [2.45, 2.75) is 90.5 Å². The second-order valence-electron chi connectivity index (χ2n) is 6.48. The molecule has 0 aromatic rings. The average molecular weight is 311 g/mol. The van der Waals surface area contributed by atoms with Crippen molar-refractivity contribution in [3.05, 3.63) is 23.4 Å². The number of rotatable bonds is 11. The quantitative estimate of drug-likeness (QED) is 0.377. The van der Waals surface area contributed by atoms with Crippen molar-refractivity contribution < 1.29 is 0 Å². The smallest absolute Gasteiger partial charge is 0.0491 e. The third-order valence-corrected chi connectivity index (χ3v) is 5.40. The van der Waals surface area contributed by atoms with E-state index < -0.39 is 0 Å². The van der Waals surface area contributed by atoms with Gasteiger partial charge in [-0.05, 0) is 43.2 Å². The molecular formula is C18H34N2S. The fourth-order valence-corrected chi connectivity index (χ4v) is 3.85. The molecule has 1 heterocycles. The molecule has 2 N–H and O–H groups in total. The first-order valence-electron chi connectivity index (χ1n) is 8.72. The van der Waals surface area contributed by atoms with Gasteiger partial charge in [0.1, 0.15) is 0 Å². The molecule has 0 saturated heterocycles. The van der Waals surface area contributed by atoms with Crippen molar-refractivity contribution >= 4 is 11.9 Å². The molecule has 0 aromatic heterocycles. The molecule has 0 unspecified atom stereocenters. The zero-order chi connectivity index (χ0) is 15.6. The molecule has 0 atom stereocenters. The van der Waals surface area contributed by atoms with Crippen LogP contribution in [0.2, 0.25) is 0 Å². The molecule has 1 aliphatic rings. The zero-order valence-corrected chi connectivity index (χ0v) is 15.1. The molecule has 0 radical (unpaired) electrons. The van der Waals surface area contributed by atoms with Crippen LogP contribution < -0.4 is 5.73 Å². The minimum absolute atomic E-state index is 0.238. The highest BCUT2D eigenvalue weighted by atomic mass is 32.2. The summed E-state index contributed by atoms with van der Waals surface area (Å²) in [5, 5.41) is 2.12. The van der Waals surface area contributed by atoms with Crippen molar-refractivity contribution in [2.75, 3.05) is 0 Å². The van der Waals surface area contributed by atoms with Crippen LogP contribution in [0.4, 0.5) is 0 Å². The minimum atomic E-state index is 0.238. The van der Waals surface area contributed by atoms with Crippen LogP contribution in [0.5, 0.6) is 0 Å². The molecule has 0 aliphatic carbocycles. The van der Waals surface area contributed by atoms with E-state index in [9.17, 15) is 0 Å². The highest BCUT2D eigenvalue weighted by molar-refractivity contribution is 8.00. The SMILES string of the molecule is CCCCCCC(C)(CCCCCC)N1C=C(N)C=CS1. The van der Waals surface area contributed by atoms with Gasteiger partial charge in [0.05, 0.1) is 0 Å². The van der Waals surface area contributed by atoms with Gasteiger partial charge in [0, 0.05) is 17.4 Å². The van der Waals surface area contributed by atoms with Crippen LogP contribution in [0.15, 0.2) is 23.4 Å². The predicted octanol–water partition coefficient (Wildman–Crippen LogP) is 5.96. The summed E-state index contributed by atoms with van der Waals surface area (Å²) in [6.45, 7) is 6.97. The lowest BCUT2D eigenvalue weighted by Gasteiger charge is -2.41. The van der Waals surface area contributed by atoms with Crippen LogP contribution in [0.1, 0.15) is 85.0 Å². The monoisotopic (exact) mass is 310 g/mol. The molecule has 0 spiro atoms. The molecule has 0 bridgehead atoms. The summed E-state index contributed by atoms with van der Waals surface area (Å²) < 4.78 is 2.40. The van der Waals surface area contributed by atoms with Gasteiger partial charge < -0.3 is 10.0 Å². The molecule has 0 amide bonds. The van der Waals surface area contributed by atoms with Crippen LogP contribution in [0.3, 0.4) is 0 Å². The van der Waals surface area contributed by atoms with E-state index in [2.05, 4.69) is 36.7 Å². The topological polar surface area (TPSA) is 29.3 Å². The van der Waals surface area contributed by atoms with Gasteiger partial charge in [0.25, 0.3) is 0 Å². The van der Waals surface area contributed by atoms with Crippen LogP contribution in [-0.4, -0.2) is 9.84 Å². The largest absolute Gasteiger partial charge is 0.398 e. The maximum Gasteiger partial charge on any atom is 0.0491 e. The Balaban J connectivity index is 2.57. The van der Waals surface area contributed by atoms with Gasteiger partial charge in [-0.2, -0.15) is 0 Å². The Bertz CT molecular complexity index is 324. The third kappa shape index (κ3) is 6.82. The third-order valence-electron chi connectivity index (χ3n) is 4.37. The van der Waals surface area contributed by atoms with E-state index >= 15 is 0 Å². The van der Waals surface area contributed by atoms with Gasteiger partial charge in [0.15, 0.2) is 0 Å². The summed E-state index contributed by atoms with van der Waals surface area (Å²) in [5.74, 6) is 0. The van der Waals surface area contributed by atoms with Crippen LogP contribution in [0, 0.1) is 0 Å². The van der Waals surface area contributed by atoms with Gasteiger partial charge in [-0.15, -0.1) is 0 Å². The Morgan fingerprint density at radius 2 is 1.57 bits per heavy atom. The van der Waals surface area contributed by atoms with Crippen LogP contribution >= 0.6 is 11.9 Å². The second-order valence-corrected chi connectivity index (χ2v) is 7.36. The van der Waals surface area contributed by atoms with E-state index in [0.717, 1.165) is 5.70 Å². The lowest BCUT2D eigenvalue weighted by atomic mass is 9.88. The summed E-state index contributed by atoms with van der Waals surface area (Å²) in [7, 11) is 0. The first-order chi connectivity index (χ1) is 10.1. The van der Waals surface area contributed by atoms with Crippen molar-refractivity contribution in [3.63, 3.8) is 0 Å². The van der Waals surface area contributed by atoms with E-state index in [1.165, 1.54) is 64.2 Å². The number of allylic oxidation sites excluding steroid dienone is 1. The Morgan fingerprint density at radius 1 is 1.00 bits per heavy atom. The van der Waals surface area contributed by atoms with Crippen molar-refractivity contribution in [1.29, 1.82) is 0 Å². The Kier molecular flexibility index (Phi) is 8.98. The summed E-state index contributed by atoms with van der Waals surface area (Å²) in [6.07, 6.45) is 17.4. The molecule has 0 saturated carbocycles. The van der Waals surface area contributed by atoms with Gasteiger partial charge in [-0.25, -0.2) is 0 Å². The molecule has 3 heteroatoms. The Labute approximate surface area is 136 Å². The summed E-state index contributed by atoms with van der Waals surface area (Å²) in [6, 6.07) is 0. The van der Waals surface area contributed by atoms with E-state index in [1.54, 1.807) is 11.9 Å². The van der Waals surface area contributed by atoms with Gasteiger partial charge in [-0.1, -0.05) is 65.2 Å². The fraction of sp³-hybridized carbons (Fsp3) is 0.778. The van der Waals surface area contributed by atoms with Crippen molar-refractivity contribution in [3.8, 4) is 0 Å². The fourth-order valence-electron chi connectivity index (χ4n) is 2.88. The minimum Gasteiger partial charge on any atom is -0.398 e. The van der Waals surface area contributed by atoms with Gasteiger partial charge in [0.2, 0.25) is 0 Å². The first kappa shape index (κ1) is 18.5. The number of hydrogen-bond donors (Lipinski definition) is 1. The molecular weight excluding hydrogens is 276 g/mol. The zero-order valence-electron chi connectivity index (χ0n) is 14.2. The number of nitrogens with two attached hydrogens (primary N) is 1. The molecule has 0 fully saturated rings. The number of nitrogens with zero attached hydrogens (tertiary/aromatic N) is 1. The first-order valence-corrected chi connectivity index (χ1v) is 9.56.